The summed E-state index contributed by atoms with van der Waals surface area (Å²) in [6.07, 6.45) is 0.989. The molecular formula is C28H26N4OS. The fourth-order valence-electron chi connectivity index (χ4n) is 4.26. The highest BCUT2D eigenvalue weighted by Gasteiger charge is 2.34. The van der Waals surface area contributed by atoms with E-state index < -0.39 is 0 Å². The molecule has 34 heavy (non-hydrogen) atoms. The summed E-state index contributed by atoms with van der Waals surface area (Å²) >= 11 is 5.85. The number of aromatic nitrogens is 2. The molecule has 0 spiro atoms. The smallest absolute Gasteiger partial charge is 0.258 e. The lowest BCUT2D eigenvalue weighted by atomic mass is 9.94. The van der Waals surface area contributed by atoms with E-state index in [-0.39, 0.29) is 6.04 Å². The van der Waals surface area contributed by atoms with Crippen LogP contribution in [-0.4, -0.2) is 15.3 Å². The van der Waals surface area contributed by atoms with Crippen LogP contribution < -0.4 is 10.2 Å². The topological polar surface area (TPSA) is 54.2 Å². The van der Waals surface area contributed by atoms with E-state index in [1.165, 1.54) is 11.1 Å². The summed E-state index contributed by atoms with van der Waals surface area (Å²) in [5, 5.41) is 8.45. The average molecular weight is 467 g/mol. The Balaban J connectivity index is 1.64. The maximum Gasteiger partial charge on any atom is 0.258 e. The predicted octanol–water partition coefficient (Wildman–Crippen LogP) is 6.47. The quantitative estimate of drug-likeness (QED) is 0.340. The zero-order valence-electron chi connectivity index (χ0n) is 19.4. The first kappa shape index (κ1) is 22.0. The molecule has 5 nitrogen and oxygen atoms in total. The molecule has 0 saturated heterocycles. The third-order valence-electron chi connectivity index (χ3n) is 6.19. The van der Waals surface area contributed by atoms with E-state index in [0.717, 1.165) is 34.5 Å². The zero-order valence-corrected chi connectivity index (χ0v) is 20.3. The highest BCUT2D eigenvalue weighted by molar-refractivity contribution is 7.80. The van der Waals surface area contributed by atoms with Crippen molar-refractivity contribution < 1.29 is 4.52 Å². The van der Waals surface area contributed by atoms with Gasteiger partial charge in [0.2, 0.25) is 5.82 Å². The molecule has 5 rings (SSSR count). The van der Waals surface area contributed by atoms with Gasteiger partial charge in [0.1, 0.15) is 0 Å². The van der Waals surface area contributed by atoms with Crippen molar-refractivity contribution in [1.29, 1.82) is 0 Å². The van der Waals surface area contributed by atoms with Crippen LogP contribution in [0.25, 0.3) is 17.0 Å². The van der Waals surface area contributed by atoms with Crippen molar-refractivity contribution in [1.82, 2.24) is 15.5 Å². The Hall–Kier alpha value is -3.77. The maximum absolute atomic E-state index is 5.85. The summed E-state index contributed by atoms with van der Waals surface area (Å²) in [5.74, 6) is 1.04. The first-order valence-corrected chi connectivity index (χ1v) is 11.8. The van der Waals surface area contributed by atoms with Crippen LogP contribution in [0.15, 0.2) is 89.1 Å². The van der Waals surface area contributed by atoms with Gasteiger partial charge in [-0.2, -0.15) is 4.98 Å². The number of allylic oxidation sites excluding steroid dienone is 1. The van der Waals surface area contributed by atoms with Crippen LogP contribution in [0.5, 0.6) is 0 Å². The van der Waals surface area contributed by atoms with Crippen LogP contribution in [-0.2, 0) is 6.42 Å². The van der Waals surface area contributed by atoms with E-state index in [9.17, 15) is 0 Å². The lowest BCUT2D eigenvalue weighted by Crippen LogP contribution is -2.46. The molecule has 1 atom stereocenters. The number of nitrogens with one attached hydrogen (secondary N) is 1. The molecule has 0 aliphatic carbocycles. The monoisotopic (exact) mass is 466 g/mol. The number of thiocarbonyl (C=S) groups is 1. The first-order chi connectivity index (χ1) is 16.5. The molecular weight excluding hydrogens is 440 g/mol. The van der Waals surface area contributed by atoms with E-state index >= 15 is 0 Å². The fourth-order valence-corrected chi connectivity index (χ4v) is 4.62. The van der Waals surface area contributed by atoms with Gasteiger partial charge < -0.3 is 9.84 Å². The van der Waals surface area contributed by atoms with Gasteiger partial charge in [-0.1, -0.05) is 84.4 Å². The Morgan fingerprint density at radius 3 is 2.32 bits per heavy atom. The Labute approximate surface area is 205 Å². The van der Waals surface area contributed by atoms with Gasteiger partial charge >= 0.3 is 0 Å². The summed E-state index contributed by atoms with van der Waals surface area (Å²) in [5.41, 5.74) is 7.34. The minimum atomic E-state index is -0.205. The highest BCUT2D eigenvalue weighted by atomic mass is 32.1. The third-order valence-corrected chi connectivity index (χ3v) is 6.49. The molecule has 3 aromatic carbocycles. The van der Waals surface area contributed by atoms with Crippen molar-refractivity contribution in [3.05, 3.63) is 107 Å². The van der Waals surface area contributed by atoms with Crippen molar-refractivity contribution in [2.24, 2.45) is 0 Å². The van der Waals surface area contributed by atoms with E-state index in [2.05, 4.69) is 79.8 Å². The molecule has 0 fully saturated rings. The van der Waals surface area contributed by atoms with Crippen LogP contribution in [0.4, 0.5) is 5.69 Å². The van der Waals surface area contributed by atoms with Gasteiger partial charge in [-0.25, -0.2) is 0 Å². The number of hydrogen-bond donors (Lipinski definition) is 1. The molecule has 0 radical (unpaired) electrons. The SMILES string of the molecule is CCc1ccc(N2C(=S)NC(c3ccc(C)cc3)C(c3nc(-c4ccccc4)no3)=C2C)cc1. The second-order valence-corrected chi connectivity index (χ2v) is 8.82. The summed E-state index contributed by atoms with van der Waals surface area (Å²) in [4.78, 5) is 6.83. The largest absolute Gasteiger partial charge is 0.351 e. The highest BCUT2D eigenvalue weighted by Crippen LogP contribution is 2.39. The number of aryl methyl sites for hydroxylation is 2. The van der Waals surface area contributed by atoms with Gasteiger partial charge in [0.15, 0.2) is 5.11 Å². The van der Waals surface area contributed by atoms with Crippen LogP contribution in [0.3, 0.4) is 0 Å². The number of rotatable bonds is 5. The second-order valence-electron chi connectivity index (χ2n) is 8.44. The molecule has 1 N–H and O–H groups in total. The second kappa shape index (κ2) is 9.23. The molecule has 0 saturated carbocycles. The Kier molecular flexibility index (Phi) is 5.99. The third kappa shape index (κ3) is 4.13. The Morgan fingerprint density at radius 1 is 0.941 bits per heavy atom. The van der Waals surface area contributed by atoms with Crippen LogP contribution in [0.2, 0.25) is 0 Å². The minimum absolute atomic E-state index is 0.205. The van der Waals surface area contributed by atoms with Crippen molar-refractivity contribution in [3.63, 3.8) is 0 Å². The van der Waals surface area contributed by atoms with Crippen LogP contribution in [0, 0.1) is 6.92 Å². The van der Waals surface area contributed by atoms with E-state index in [1.54, 1.807) is 0 Å². The van der Waals surface area contributed by atoms with Crippen LogP contribution in [0.1, 0.15) is 42.5 Å². The van der Waals surface area contributed by atoms with Crippen LogP contribution >= 0.6 is 12.2 Å². The summed E-state index contributed by atoms with van der Waals surface area (Å²) in [6, 6.07) is 26.6. The summed E-state index contributed by atoms with van der Waals surface area (Å²) in [6.45, 7) is 6.29. The van der Waals surface area contributed by atoms with Gasteiger partial charge in [-0.05, 0) is 55.7 Å². The van der Waals surface area contributed by atoms with Crippen molar-refractivity contribution in [3.8, 4) is 11.4 Å². The first-order valence-electron chi connectivity index (χ1n) is 11.4. The standard InChI is InChI=1S/C28H26N4OS/c1-4-20-12-16-23(17-13-20)32-19(3)24(25(29-28(32)34)21-14-10-18(2)11-15-21)27-30-26(31-33-27)22-8-6-5-7-9-22/h5-17,25H,4H2,1-3H3,(H,29,34). The lowest BCUT2D eigenvalue weighted by molar-refractivity contribution is 0.404. The molecule has 4 aromatic rings. The number of hydrogen-bond acceptors (Lipinski definition) is 4. The summed E-state index contributed by atoms with van der Waals surface area (Å²) in [7, 11) is 0. The molecule has 1 aromatic heterocycles. The number of nitrogens with zero attached hydrogens (tertiary/aromatic N) is 3. The molecule has 0 amide bonds. The van der Waals surface area contributed by atoms with Gasteiger partial charge in [0.05, 0.1) is 11.6 Å². The maximum atomic E-state index is 5.85. The molecule has 6 heteroatoms. The predicted molar refractivity (Wildman–Crippen MR) is 140 cm³/mol. The number of anilines is 1. The molecule has 1 aliphatic heterocycles. The molecule has 1 unspecified atom stereocenters. The molecule has 170 valence electrons. The lowest BCUT2D eigenvalue weighted by Gasteiger charge is -2.37. The van der Waals surface area contributed by atoms with Crippen molar-refractivity contribution in [2.75, 3.05) is 4.90 Å². The van der Waals surface area contributed by atoms with E-state index in [1.807, 2.05) is 35.2 Å². The zero-order chi connectivity index (χ0) is 23.7. The summed E-state index contributed by atoms with van der Waals surface area (Å²) < 4.78 is 5.83. The molecule has 1 aliphatic rings. The van der Waals surface area contributed by atoms with E-state index in [0.29, 0.717) is 16.8 Å². The van der Waals surface area contributed by atoms with Gasteiger partial charge in [0, 0.05) is 16.9 Å². The Morgan fingerprint density at radius 2 is 1.65 bits per heavy atom. The van der Waals surface area contributed by atoms with Crippen molar-refractivity contribution in [2.45, 2.75) is 33.2 Å². The molecule has 0 bridgehead atoms. The van der Waals surface area contributed by atoms with Gasteiger partial charge in [-0.15, -0.1) is 0 Å². The average Bonchev–Trinajstić information content (AvgIpc) is 3.35. The fraction of sp³-hybridized carbons (Fsp3) is 0.179. The van der Waals surface area contributed by atoms with E-state index in [4.69, 9.17) is 21.7 Å². The normalized spacial score (nSPS) is 16.0. The van der Waals surface area contributed by atoms with Crippen molar-refractivity contribution >= 4 is 28.6 Å². The number of benzene rings is 3. The Bertz CT molecular complexity index is 1340. The molecule has 2 heterocycles. The van der Waals surface area contributed by atoms with Gasteiger partial charge in [-0.3, -0.25) is 4.90 Å². The van der Waals surface area contributed by atoms with Gasteiger partial charge in [0.25, 0.3) is 5.89 Å². The minimum Gasteiger partial charge on any atom is -0.351 e.